The fourth-order valence-corrected chi connectivity index (χ4v) is 4.01. The lowest BCUT2D eigenvalue weighted by Gasteiger charge is -2.25. The lowest BCUT2D eigenvalue weighted by atomic mass is 9.85. The van der Waals surface area contributed by atoms with Crippen LogP contribution in [0, 0.1) is 20.8 Å². The molecule has 0 radical (unpaired) electrons. The first-order chi connectivity index (χ1) is 14.9. The van der Waals surface area contributed by atoms with E-state index < -0.39 is 0 Å². The van der Waals surface area contributed by atoms with Gasteiger partial charge in [-0.1, -0.05) is 13.0 Å². The zero-order chi connectivity index (χ0) is 22.1. The van der Waals surface area contributed by atoms with Crippen molar-refractivity contribution in [3.8, 4) is 17.4 Å². The van der Waals surface area contributed by atoms with E-state index in [1.165, 1.54) is 0 Å². The number of aromatic nitrogens is 4. The molecular weight excluding hydrogens is 394 g/mol. The molecule has 1 aromatic carbocycles. The molecule has 0 aliphatic carbocycles. The summed E-state index contributed by atoms with van der Waals surface area (Å²) in [6.45, 7) is 8.45. The van der Waals surface area contributed by atoms with Gasteiger partial charge in [0.05, 0.1) is 19.4 Å². The average molecular weight is 422 g/mol. The van der Waals surface area contributed by atoms with E-state index in [4.69, 9.17) is 9.47 Å². The Bertz CT molecular complexity index is 1120. The van der Waals surface area contributed by atoms with Crippen molar-refractivity contribution in [1.29, 1.82) is 0 Å². The standard InChI is InChI=1S/C23H27N5O3/c1-6-9-31-18-8-7-16(11-19(18)30-5)17-12-20(29)26-22-21(17)15(4)27-28(22)23-24-13(2)10-14(3)25-23/h7-8,10-11,17H,6,9,12H2,1-5H3,(H,26,29). The van der Waals surface area contributed by atoms with Crippen LogP contribution in [0.4, 0.5) is 5.82 Å². The van der Waals surface area contributed by atoms with Crippen molar-refractivity contribution in [3.63, 3.8) is 0 Å². The summed E-state index contributed by atoms with van der Waals surface area (Å²) in [6, 6.07) is 7.75. The number of benzene rings is 1. The molecule has 4 rings (SSSR count). The van der Waals surface area contributed by atoms with Gasteiger partial charge in [0.1, 0.15) is 5.82 Å². The summed E-state index contributed by atoms with van der Waals surface area (Å²) in [6.07, 6.45) is 1.24. The highest BCUT2D eigenvalue weighted by Crippen LogP contribution is 2.42. The van der Waals surface area contributed by atoms with Gasteiger partial charge in [-0.2, -0.15) is 9.78 Å². The van der Waals surface area contributed by atoms with Gasteiger partial charge in [0.2, 0.25) is 5.91 Å². The number of nitrogens with one attached hydrogen (secondary N) is 1. The Morgan fingerprint density at radius 1 is 1.13 bits per heavy atom. The lowest BCUT2D eigenvalue weighted by Crippen LogP contribution is -2.25. The van der Waals surface area contributed by atoms with Crippen molar-refractivity contribution in [2.45, 2.75) is 46.5 Å². The maximum absolute atomic E-state index is 12.6. The normalized spacial score (nSPS) is 15.4. The molecule has 1 atom stereocenters. The molecule has 3 heterocycles. The van der Waals surface area contributed by atoms with Crippen molar-refractivity contribution in [2.24, 2.45) is 0 Å². The Hall–Kier alpha value is -3.42. The number of methoxy groups -OCH3 is 1. The van der Waals surface area contributed by atoms with Gasteiger partial charge < -0.3 is 14.8 Å². The summed E-state index contributed by atoms with van der Waals surface area (Å²) in [7, 11) is 1.62. The summed E-state index contributed by atoms with van der Waals surface area (Å²) in [4.78, 5) is 21.7. The maximum Gasteiger partial charge on any atom is 0.252 e. The number of anilines is 1. The second-order valence-electron chi connectivity index (χ2n) is 7.77. The number of hydrogen-bond donors (Lipinski definition) is 1. The van der Waals surface area contributed by atoms with Gasteiger partial charge in [-0.3, -0.25) is 4.79 Å². The van der Waals surface area contributed by atoms with E-state index in [1.54, 1.807) is 11.8 Å². The van der Waals surface area contributed by atoms with Gasteiger partial charge in [0.15, 0.2) is 11.5 Å². The first kappa shape index (κ1) is 20.8. The number of carbonyl (C=O) groups excluding carboxylic acids is 1. The molecule has 162 valence electrons. The highest BCUT2D eigenvalue weighted by molar-refractivity contribution is 5.95. The van der Waals surface area contributed by atoms with Crippen molar-refractivity contribution in [3.05, 3.63) is 52.5 Å². The molecule has 1 unspecified atom stereocenters. The molecule has 0 bridgehead atoms. The monoisotopic (exact) mass is 421 g/mol. The van der Waals surface area contributed by atoms with Gasteiger partial charge in [0.25, 0.3) is 5.95 Å². The van der Waals surface area contributed by atoms with Gasteiger partial charge in [0, 0.05) is 29.3 Å². The van der Waals surface area contributed by atoms with E-state index in [-0.39, 0.29) is 11.8 Å². The van der Waals surface area contributed by atoms with E-state index in [0.717, 1.165) is 34.6 Å². The summed E-state index contributed by atoms with van der Waals surface area (Å²) in [5.41, 5.74) is 4.45. The Kier molecular flexibility index (Phi) is 5.63. The third-order valence-corrected chi connectivity index (χ3v) is 5.31. The topological polar surface area (TPSA) is 91.2 Å². The second-order valence-corrected chi connectivity index (χ2v) is 7.77. The van der Waals surface area contributed by atoms with Crippen LogP contribution in [-0.4, -0.2) is 39.4 Å². The van der Waals surface area contributed by atoms with Crippen LogP contribution in [0.5, 0.6) is 11.5 Å². The van der Waals surface area contributed by atoms with Gasteiger partial charge in [-0.15, -0.1) is 0 Å². The van der Waals surface area contributed by atoms with Crippen LogP contribution in [0.3, 0.4) is 0 Å². The number of amides is 1. The van der Waals surface area contributed by atoms with Crippen LogP contribution in [0.25, 0.3) is 5.95 Å². The lowest BCUT2D eigenvalue weighted by molar-refractivity contribution is -0.116. The number of carbonyl (C=O) groups is 1. The number of hydrogen-bond acceptors (Lipinski definition) is 6. The Morgan fingerprint density at radius 2 is 1.87 bits per heavy atom. The predicted octanol–water partition coefficient (Wildman–Crippen LogP) is 3.86. The first-order valence-electron chi connectivity index (χ1n) is 10.4. The number of nitrogens with zero attached hydrogens (tertiary/aromatic N) is 4. The molecule has 31 heavy (non-hydrogen) atoms. The summed E-state index contributed by atoms with van der Waals surface area (Å²) < 4.78 is 13.0. The third kappa shape index (κ3) is 3.97. The first-order valence-corrected chi connectivity index (χ1v) is 10.4. The zero-order valence-electron chi connectivity index (χ0n) is 18.5. The van der Waals surface area contributed by atoms with Crippen LogP contribution in [0.1, 0.15) is 53.9 Å². The van der Waals surface area contributed by atoms with Crippen molar-refractivity contribution < 1.29 is 14.3 Å². The van der Waals surface area contributed by atoms with E-state index in [1.807, 2.05) is 45.0 Å². The number of fused-ring (bicyclic) bond motifs is 1. The molecule has 0 fully saturated rings. The average Bonchev–Trinajstić information content (AvgIpc) is 3.07. The fourth-order valence-electron chi connectivity index (χ4n) is 4.01. The molecule has 8 heteroatoms. The minimum absolute atomic E-state index is 0.0756. The minimum atomic E-state index is -0.155. The number of rotatable bonds is 6. The van der Waals surface area contributed by atoms with Crippen LogP contribution in [-0.2, 0) is 4.79 Å². The fraction of sp³-hybridized carbons (Fsp3) is 0.391. The Morgan fingerprint density at radius 3 is 2.55 bits per heavy atom. The molecule has 0 saturated heterocycles. The van der Waals surface area contributed by atoms with E-state index >= 15 is 0 Å². The summed E-state index contributed by atoms with van der Waals surface area (Å²) in [5.74, 6) is 2.19. The zero-order valence-corrected chi connectivity index (χ0v) is 18.5. The predicted molar refractivity (Wildman–Crippen MR) is 117 cm³/mol. The number of ether oxygens (including phenoxy) is 2. The molecule has 1 aliphatic rings. The second kappa shape index (κ2) is 8.37. The quantitative estimate of drug-likeness (QED) is 0.650. The summed E-state index contributed by atoms with van der Waals surface area (Å²) in [5, 5.41) is 7.66. The summed E-state index contributed by atoms with van der Waals surface area (Å²) >= 11 is 0. The van der Waals surface area contributed by atoms with Crippen LogP contribution in [0.15, 0.2) is 24.3 Å². The number of aryl methyl sites for hydroxylation is 3. The Labute approximate surface area is 181 Å². The minimum Gasteiger partial charge on any atom is -0.493 e. The largest absolute Gasteiger partial charge is 0.493 e. The molecule has 1 amide bonds. The van der Waals surface area contributed by atoms with Crippen LogP contribution < -0.4 is 14.8 Å². The highest BCUT2D eigenvalue weighted by atomic mass is 16.5. The SMILES string of the molecule is CCCOc1ccc(C2CC(=O)Nc3c2c(C)nn3-c2nc(C)cc(C)n2)cc1OC. The molecule has 0 spiro atoms. The molecule has 2 aromatic heterocycles. The molecule has 8 nitrogen and oxygen atoms in total. The van der Waals surface area contributed by atoms with Crippen molar-refractivity contribution in [1.82, 2.24) is 19.7 Å². The van der Waals surface area contributed by atoms with Crippen molar-refractivity contribution >= 4 is 11.7 Å². The van der Waals surface area contributed by atoms with Gasteiger partial charge in [-0.05, 0) is 51.0 Å². The van der Waals surface area contributed by atoms with Crippen molar-refractivity contribution in [2.75, 3.05) is 19.0 Å². The molecular formula is C23H27N5O3. The smallest absolute Gasteiger partial charge is 0.252 e. The van der Waals surface area contributed by atoms with E-state index in [0.29, 0.717) is 36.3 Å². The Balaban J connectivity index is 1.80. The van der Waals surface area contributed by atoms with Crippen LogP contribution >= 0.6 is 0 Å². The molecule has 0 saturated carbocycles. The highest BCUT2D eigenvalue weighted by Gasteiger charge is 2.33. The maximum atomic E-state index is 12.6. The van der Waals surface area contributed by atoms with E-state index in [2.05, 4.69) is 27.3 Å². The molecule has 3 aromatic rings. The van der Waals surface area contributed by atoms with E-state index in [9.17, 15) is 4.79 Å². The van der Waals surface area contributed by atoms with Gasteiger partial charge in [-0.25, -0.2) is 9.97 Å². The molecule has 1 aliphatic heterocycles. The molecule has 1 N–H and O–H groups in total. The van der Waals surface area contributed by atoms with Crippen LogP contribution in [0.2, 0.25) is 0 Å². The van der Waals surface area contributed by atoms with Gasteiger partial charge >= 0.3 is 0 Å². The third-order valence-electron chi connectivity index (χ3n) is 5.31.